The van der Waals surface area contributed by atoms with Crippen molar-refractivity contribution in [2.24, 2.45) is 0 Å². The number of carbonyl (C=O) groups excluding carboxylic acids is 7. The Morgan fingerprint density at radius 3 is 2.06 bits per heavy atom. The van der Waals surface area contributed by atoms with Crippen LogP contribution in [0.4, 0.5) is 10.5 Å². The van der Waals surface area contributed by atoms with Crippen molar-refractivity contribution in [3.63, 3.8) is 0 Å². The lowest BCUT2D eigenvalue weighted by molar-refractivity contribution is -0.135. The number of benzene rings is 3. The second-order valence-corrected chi connectivity index (χ2v) is 15.7. The van der Waals surface area contributed by atoms with Gasteiger partial charge in [0.25, 0.3) is 5.91 Å². The van der Waals surface area contributed by atoms with Gasteiger partial charge in [0.2, 0.25) is 29.6 Å². The van der Waals surface area contributed by atoms with Gasteiger partial charge >= 0.3 is 11.7 Å². The van der Waals surface area contributed by atoms with E-state index in [1.54, 1.807) is 76.2 Å². The number of carbonyl (C=O) groups is 7. The minimum atomic E-state index is -1.18. The molecule has 0 bridgehead atoms. The number of ketones is 2. The Hall–Kier alpha value is -7.00. The van der Waals surface area contributed by atoms with Crippen molar-refractivity contribution in [2.45, 2.75) is 58.8 Å². The molecule has 0 aliphatic rings. The molecule has 0 radical (unpaired) electrons. The van der Waals surface area contributed by atoms with Gasteiger partial charge in [0.1, 0.15) is 23.0 Å². The summed E-state index contributed by atoms with van der Waals surface area (Å²) in [5, 5.41) is 13.6. The van der Waals surface area contributed by atoms with Gasteiger partial charge in [0, 0.05) is 48.8 Å². The highest BCUT2D eigenvalue weighted by Gasteiger charge is 2.24. The summed E-state index contributed by atoms with van der Waals surface area (Å²) in [6.07, 6.45) is -1.53. The molecule has 0 spiro atoms. The minimum absolute atomic E-state index is 0.132. The van der Waals surface area contributed by atoms with Crippen LogP contribution in [0.25, 0.3) is 11.0 Å². The molecule has 2 atom stereocenters. The number of hydrogen-bond donors (Lipinski definition) is 7. The summed E-state index contributed by atoms with van der Waals surface area (Å²) >= 11 is 0. The zero-order chi connectivity index (χ0) is 48.1. The van der Waals surface area contributed by atoms with Crippen molar-refractivity contribution in [2.75, 3.05) is 64.5 Å². The molecule has 3 aromatic carbocycles. The van der Waals surface area contributed by atoms with Gasteiger partial charge < -0.3 is 49.9 Å². The average molecular weight is 916 g/mol. The van der Waals surface area contributed by atoms with Gasteiger partial charge in [-0.2, -0.15) is 0 Å². The molecule has 5 amide bonds. The third-order valence-corrected chi connectivity index (χ3v) is 9.13. The maximum Gasteiger partial charge on any atom is 0.407 e. The summed E-state index contributed by atoms with van der Waals surface area (Å²) in [5.41, 5.74) is 7.05. The molecule has 0 saturated heterocycles. The van der Waals surface area contributed by atoms with Gasteiger partial charge in [0.05, 0.1) is 46.1 Å². The van der Waals surface area contributed by atoms with Crippen LogP contribution in [-0.2, 0) is 49.4 Å². The maximum atomic E-state index is 13.6. The van der Waals surface area contributed by atoms with Crippen LogP contribution in [0.5, 0.6) is 5.75 Å². The molecule has 354 valence electrons. The Bertz CT molecular complexity index is 2350. The Balaban J connectivity index is 1.32. The molecule has 66 heavy (non-hydrogen) atoms. The molecule has 0 fully saturated rings. The second kappa shape index (κ2) is 26.1. The van der Waals surface area contributed by atoms with Gasteiger partial charge in [-0.15, -0.1) is 0 Å². The normalized spacial score (nSPS) is 12.0. The summed E-state index contributed by atoms with van der Waals surface area (Å²) in [6.45, 7) is 8.27. The van der Waals surface area contributed by atoms with Gasteiger partial charge in [-0.25, -0.2) is 20.4 Å². The van der Waals surface area contributed by atoms with E-state index in [0.717, 1.165) is 12.5 Å². The van der Waals surface area contributed by atoms with Crippen LogP contribution in [0.3, 0.4) is 0 Å². The smallest absolute Gasteiger partial charge is 0.407 e. The number of ether oxygens (including phenoxy) is 4. The first-order chi connectivity index (χ1) is 31.5. The highest BCUT2D eigenvalue weighted by molar-refractivity contribution is 6.37. The van der Waals surface area contributed by atoms with E-state index >= 15 is 0 Å². The summed E-state index contributed by atoms with van der Waals surface area (Å²) in [5.74, 6) is -3.44. The Morgan fingerprint density at radius 2 is 1.39 bits per heavy atom. The Labute approximate surface area is 381 Å². The summed E-state index contributed by atoms with van der Waals surface area (Å²) < 4.78 is 27.8. The van der Waals surface area contributed by atoms with E-state index in [1.807, 2.05) is 18.2 Å². The molecule has 20 nitrogen and oxygen atoms in total. The quantitative estimate of drug-likeness (QED) is 0.0205. The molecule has 1 aromatic heterocycles. The SMILES string of the molecule is CC(=O)C(=O)CNC(=O)CNC(=O)[C@H](Cc1ccccc1)NNCC(=O)Nc1ccc(C(Oc2ccc3c(C)cc(=O)oc3c2)C(=O)NCCOCCOCCNC(=O)OC(C)(C)C)cc1. The van der Waals surface area contributed by atoms with E-state index in [-0.39, 0.29) is 63.8 Å². The molecule has 1 heterocycles. The zero-order valence-corrected chi connectivity index (χ0v) is 37.5. The summed E-state index contributed by atoms with van der Waals surface area (Å²) in [6, 6.07) is 20.8. The minimum Gasteiger partial charge on any atom is -0.476 e. The monoisotopic (exact) mass is 915 g/mol. The first kappa shape index (κ1) is 51.6. The van der Waals surface area contributed by atoms with Gasteiger partial charge in [-0.05, 0) is 69.5 Å². The van der Waals surface area contributed by atoms with Gasteiger partial charge in [-0.1, -0.05) is 42.5 Å². The number of alkyl carbamates (subject to hydrolysis) is 1. The van der Waals surface area contributed by atoms with Crippen LogP contribution in [-0.4, -0.2) is 112 Å². The van der Waals surface area contributed by atoms with E-state index < -0.39 is 77.8 Å². The predicted molar refractivity (Wildman–Crippen MR) is 241 cm³/mol. The predicted octanol–water partition coefficient (Wildman–Crippen LogP) is 1.93. The number of Topliss-reactive ketones (excluding diaryl/α,β-unsaturated/α-hetero) is 2. The van der Waals surface area contributed by atoms with Crippen molar-refractivity contribution < 1.29 is 56.9 Å². The fourth-order valence-corrected chi connectivity index (χ4v) is 5.90. The van der Waals surface area contributed by atoms with E-state index in [4.69, 9.17) is 23.4 Å². The number of anilines is 1. The second-order valence-electron chi connectivity index (χ2n) is 15.7. The maximum absolute atomic E-state index is 13.6. The molecule has 20 heteroatoms. The molecule has 4 rings (SSSR count). The number of rotatable bonds is 26. The standard InChI is InChI=1S/C46H57N7O13/c1-29-23-41(58)65-38-25-34(15-16-35(29)38)64-42(44(60)47-17-19-62-21-22-63-20-18-48-45(61)66-46(3,4)5)32-11-13-33(14-12-32)52-40(57)28-51-53-36(24-31-9-7-6-8-10-31)43(59)50-27-39(56)49-26-37(55)30(2)54/h6-16,23,25,36,42,51,53H,17-22,24,26-28H2,1-5H3,(H,47,60)(H,48,61)(H,49,56)(H,50,59)(H,52,57)/t36-,42?/m0/s1. The Kier molecular flexibility index (Phi) is 20.4. The summed E-state index contributed by atoms with van der Waals surface area (Å²) in [4.78, 5) is 98.4. The van der Waals surface area contributed by atoms with Crippen molar-refractivity contribution in [3.8, 4) is 5.75 Å². The largest absolute Gasteiger partial charge is 0.476 e. The fraction of sp³-hybridized carbons (Fsp3) is 0.391. The van der Waals surface area contributed by atoms with Crippen LogP contribution in [0, 0.1) is 6.92 Å². The third-order valence-electron chi connectivity index (χ3n) is 9.13. The first-order valence-electron chi connectivity index (χ1n) is 21.1. The highest BCUT2D eigenvalue weighted by atomic mass is 16.6. The average Bonchev–Trinajstić information content (AvgIpc) is 3.26. The van der Waals surface area contributed by atoms with Crippen LogP contribution >= 0.6 is 0 Å². The van der Waals surface area contributed by atoms with Gasteiger partial charge in [0.15, 0.2) is 5.78 Å². The number of fused-ring (bicyclic) bond motifs is 1. The Morgan fingerprint density at radius 1 is 0.712 bits per heavy atom. The molecule has 0 aliphatic heterocycles. The van der Waals surface area contributed by atoms with Crippen molar-refractivity contribution in [1.82, 2.24) is 32.1 Å². The van der Waals surface area contributed by atoms with Crippen molar-refractivity contribution >= 4 is 57.9 Å². The van der Waals surface area contributed by atoms with Gasteiger partial charge in [-0.3, -0.25) is 28.8 Å². The number of amides is 5. The van der Waals surface area contributed by atoms with E-state index in [2.05, 4.69) is 37.4 Å². The number of hydrazine groups is 1. The third kappa shape index (κ3) is 18.6. The van der Waals surface area contributed by atoms with E-state index in [9.17, 15) is 38.4 Å². The molecular weight excluding hydrogens is 859 g/mol. The van der Waals surface area contributed by atoms with Crippen LogP contribution in [0.15, 0.2) is 88.1 Å². The number of aryl methyl sites for hydroxylation is 1. The lowest BCUT2D eigenvalue weighted by atomic mass is 10.1. The lowest BCUT2D eigenvalue weighted by Gasteiger charge is -2.20. The lowest BCUT2D eigenvalue weighted by Crippen LogP contribution is -2.54. The topological polar surface area (TPSA) is 271 Å². The van der Waals surface area contributed by atoms with Crippen LogP contribution < -0.4 is 47.8 Å². The molecule has 7 N–H and O–H groups in total. The van der Waals surface area contributed by atoms with Crippen molar-refractivity contribution in [1.29, 1.82) is 0 Å². The van der Waals surface area contributed by atoms with Crippen LogP contribution in [0.1, 0.15) is 50.5 Å². The first-order valence-corrected chi connectivity index (χ1v) is 21.1. The zero-order valence-electron chi connectivity index (χ0n) is 37.5. The van der Waals surface area contributed by atoms with E-state index in [0.29, 0.717) is 22.2 Å². The molecular formula is C46H57N7O13. The van der Waals surface area contributed by atoms with Crippen molar-refractivity contribution in [3.05, 3.63) is 106 Å². The van der Waals surface area contributed by atoms with Crippen LogP contribution in [0.2, 0.25) is 0 Å². The number of hydrogen-bond acceptors (Lipinski definition) is 15. The summed E-state index contributed by atoms with van der Waals surface area (Å²) in [7, 11) is 0. The molecule has 0 saturated carbocycles. The fourth-order valence-electron chi connectivity index (χ4n) is 5.90. The highest BCUT2D eigenvalue weighted by Crippen LogP contribution is 2.28. The number of nitrogens with one attached hydrogen (secondary N) is 7. The molecule has 0 aliphatic carbocycles. The molecule has 4 aromatic rings. The molecule has 1 unspecified atom stereocenters. The van der Waals surface area contributed by atoms with E-state index in [1.165, 1.54) is 12.1 Å².